The van der Waals surface area contributed by atoms with Crippen molar-refractivity contribution in [2.45, 2.75) is 77.6 Å². The Balaban J connectivity index is 1.68. The van der Waals surface area contributed by atoms with Crippen LogP contribution in [0.3, 0.4) is 0 Å². The molecule has 2 aliphatic rings. The van der Waals surface area contributed by atoms with Gasteiger partial charge < -0.3 is 19.7 Å². The van der Waals surface area contributed by atoms with E-state index in [9.17, 15) is 29.4 Å². The molecule has 0 bridgehead atoms. The molecule has 4 atom stereocenters. The van der Waals surface area contributed by atoms with E-state index in [4.69, 9.17) is 9.47 Å². The monoisotopic (exact) mass is 574 g/mol. The Morgan fingerprint density at radius 1 is 0.619 bits per heavy atom. The van der Waals surface area contributed by atoms with Crippen molar-refractivity contribution in [3.63, 3.8) is 0 Å². The number of aliphatic carboxylic acids is 2. The van der Waals surface area contributed by atoms with Gasteiger partial charge in [0.05, 0.1) is 23.7 Å². The predicted octanol–water partition coefficient (Wildman–Crippen LogP) is 6.88. The molecule has 2 aliphatic carbocycles. The molecular weight excluding hydrogens is 536 g/mol. The summed E-state index contributed by atoms with van der Waals surface area (Å²) in [4.78, 5) is 51.2. The fourth-order valence-electron chi connectivity index (χ4n) is 6.76. The quantitative estimate of drug-likeness (QED) is 0.185. The molecule has 0 spiro atoms. The van der Waals surface area contributed by atoms with Crippen LogP contribution in [-0.4, -0.2) is 34.1 Å². The van der Waals surface area contributed by atoms with Gasteiger partial charge in [0, 0.05) is 21.5 Å². The predicted molar refractivity (Wildman–Crippen MR) is 158 cm³/mol. The first-order valence-corrected chi connectivity index (χ1v) is 14.9. The summed E-state index contributed by atoms with van der Waals surface area (Å²) in [6, 6.07) is 12.8. The molecule has 0 saturated heterocycles. The van der Waals surface area contributed by atoms with E-state index in [1.807, 2.05) is 39.0 Å². The fraction of sp³-hybridized carbons (Fsp3) is 0.471. The largest absolute Gasteiger partial charge is 0.481 e. The number of carbonyl (C=O) groups is 4. The number of carboxylic acid groups (broad SMARTS) is 2. The molecule has 3 aromatic carbocycles. The summed E-state index contributed by atoms with van der Waals surface area (Å²) >= 11 is 0. The van der Waals surface area contributed by atoms with Gasteiger partial charge in [-0.3, -0.25) is 19.2 Å². The van der Waals surface area contributed by atoms with Gasteiger partial charge in [0.2, 0.25) is 0 Å². The summed E-state index contributed by atoms with van der Waals surface area (Å²) < 4.78 is 12.3. The minimum atomic E-state index is -0.994. The second-order valence-corrected chi connectivity index (χ2v) is 12.7. The van der Waals surface area contributed by atoms with Crippen LogP contribution in [0.15, 0.2) is 42.5 Å². The first kappa shape index (κ1) is 29.5. The zero-order valence-electron chi connectivity index (χ0n) is 24.4. The molecule has 8 nitrogen and oxygen atoms in total. The number of hydrogen-bond acceptors (Lipinski definition) is 6. The Bertz CT molecular complexity index is 1550. The van der Waals surface area contributed by atoms with Crippen molar-refractivity contribution in [2.24, 2.45) is 23.7 Å². The van der Waals surface area contributed by atoms with Crippen molar-refractivity contribution in [2.75, 3.05) is 0 Å². The van der Waals surface area contributed by atoms with Gasteiger partial charge in [0.25, 0.3) is 0 Å². The molecule has 4 unspecified atom stereocenters. The van der Waals surface area contributed by atoms with Gasteiger partial charge in [-0.05, 0) is 36.7 Å². The van der Waals surface area contributed by atoms with E-state index in [-0.39, 0.29) is 0 Å². The van der Waals surface area contributed by atoms with Crippen LogP contribution in [0.2, 0.25) is 0 Å². The van der Waals surface area contributed by atoms with Gasteiger partial charge in [0.1, 0.15) is 11.5 Å². The normalized spacial score (nSPS) is 22.9. The summed E-state index contributed by atoms with van der Waals surface area (Å²) in [6.45, 7) is 6.11. The van der Waals surface area contributed by atoms with Gasteiger partial charge in [-0.15, -0.1) is 0 Å². The highest BCUT2D eigenvalue weighted by atomic mass is 16.5. The van der Waals surface area contributed by atoms with Crippen molar-refractivity contribution in [1.29, 1.82) is 0 Å². The van der Waals surface area contributed by atoms with Crippen molar-refractivity contribution in [3.05, 3.63) is 48.0 Å². The van der Waals surface area contributed by atoms with Crippen LogP contribution in [0.25, 0.3) is 21.5 Å². The zero-order chi connectivity index (χ0) is 30.2. The van der Waals surface area contributed by atoms with Crippen LogP contribution in [-0.2, 0) is 24.6 Å². The van der Waals surface area contributed by atoms with Crippen LogP contribution in [0.4, 0.5) is 0 Å². The average molecular weight is 575 g/mol. The Labute approximate surface area is 245 Å². The number of hydrogen-bond donors (Lipinski definition) is 2. The van der Waals surface area contributed by atoms with Gasteiger partial charge >= 0.3 is 23.9 Å². The molecule has 5 rings (SSSR count). The first-order valence-electron chi connectivity index (χ1n) is 14.9. The van der Waals surface area contributed by atoms with E-state index in [0.29, 0.717) is 58.7 Å². The lowest BCUT2D eigenvalue weighted by atomic mass is 9.79. The Hall–Kier alpha value is -3.94. The van der Waals surface area contributed by atoms with Crippen molar-refractivity contribution < 1.29 is 38.9 Å². The number of fused-ring (bicyclic) bond motifs is 2. The van der Waals surface area contributed by atoms with Crippen LogP contribution < -0.4 is 9.47 Å². The van der Waals surface area contributed by atoms with Crippen LogP contribution in [0.5, 0.6) is 11.5 Å². The van der Waals surface area contributed by atoms with Crippen molar-refractivity contribution in [1.82, 2.24) is 0 Å². The molecule has 0 amide bonds. The molecule has 3 aromatic rings. The van der Waals surface area contributed by atoms with Gasteiger partial charge in [0.15, 0.2) is 0 Å². The molecule has 2 N–H and O–H groups in total. The van der Waals surface area contributed by atoms with Crippen LogP contribution >= 0.6 is 0 Å². The highest BCUT2D eigenvalue weighted by Gasteiger charge is 2.39. The van der Waals surface area contributed by atoms with E-state index in [0.717, 1.165) is 31.2 Å². The summed E-state index contributed by atoms with van der Waals surface area (Å²) in [5.41, 5.74) is 0.474. The maximum atomic E-state index is 13.7. The molecule has 2 saturated carbocycles. The maximum absolute atomic E-state index is 13.7. The topological polar surface area (TPSA) is 127 Å². The van der Waals surface area contributed by atoms with Gasteiger partial charge in [-0.25, -0.2) is 0 Å². The molecule has 222 valence electrons. The van der Waals surface area contributed by atoms with Crippen molar-refractivity contribution in [3.8, 4) is 11.5 Å². The molecule has 2 fully saturated rings. The average Bonchev–Trinajstić information content (AvgIpc) is 2.97. The summed E-state index contributed by atoms with van der Waals surface area (Å²) in [5, 5.41) is 21.9. The summed E-state index contributed by atoms with van der Waals surface area (Å²) in [6.07, 6.45) is 4.77. The highest BCUT2D eigenvalue weighted by molar-refractivity contribution is 6.14. The third-order valence-electron chi connectivity index (χ3n) is 8.94. The first-order chi connectivity index (χ1) is 20.0. The van der Waals surface area contributed by atoms with Gasteiger partial charge in [-0.1, -0.05) is 88.9 Å². The third kappa shape index (κ3) is 5.59. The van der Waals surface area contributed by atoms with E-state index >= 15 is 0 Å². The van der Waals surface area contributed by atoms with E-state index in [2.05, 4.69) is 0 Å². The minimum Gasteiger partial charge on any atom is -0.481 e. The number of ether oxygens (including phenoxy) is 2. The summed E-state index contributed by atoms with van der Waals surface area (Å²) in [7, 11) is 0. The van der Waals surface area contributed by atoms with E-state index in [1.54, 1.807) is 24.3 Å². The fourth-order valence-corrected chi connectivity index (χ4v) is 6.76. The Kier molecular flexibility index (Phi) is 8.26. The molecule has 8 heteroatoms. The SMILES string of the molecule is CC(C)(C)c1cccc2c(OC(=O)C3CCCCC3C(=O)O)c3ccccc3c(OC(=O)C3CCCCC3C(=O)O)c12. The lowest BCUT2D eigenvalue weighted by Crippen LogP contribution is -2.35. The molecule has 42 heavy (non-hydrogen) atoms. The maximum Gasteiger partial charge on any atom is 0.315 e. The van der Waals surface area contributed by atoms with Crippen LogP contribution in [0, 0.1) is 23.7 Å². The lowest BCUT2D eigenvalue weighted by molar-refractivity contribution is -0.154. The number of esters is 2. The smallest absolute Gasteiger partial charge is 0.315 e. The standard InChI is InChI=1S/C34H38O8/c1-34(2,3)26-18-10-17-25-27(26)29(42-33(40)24-16-9-7-14-22(24)31(37)38)20-12-5-4-11-19(20)28(25)41-32(39)23-15-8-6-13-21(23)30(35)36/h4-5,10-12,17-18,21-24H,6-9,13-16H2,1-3H3,(H,35,36)(H,37,38). The van der Waals surface area contributed by atoms with E-state index < -0.39 is 53.0 Å². The molecule has 0 aliphatic heterocycles. The molecular formula is C34H38O8. The zero-order valence-corrected chi connectivity index (χ0v) is 24.4. The van der Waals surface area contributed by atoms with Crippen molar-refractivity contribution >= 4 is 45.4 Å². The number of carboxylic acids is 2. The number of rotatable bonds is 6. The number of benzene rings is 3. The second kappa shape index (κ2) is 11.7. The van der Waals surface area contributed by atoms with Gasteiger partial charge in [-0.2, -0.15) is 0 Å². The molecule has 0 heterocycles. The summed E-state index contributed by atoms with van der Waals surface area (Å²) in [5.74, 6) is -5.65. The second-order valence-electron chi connectivity index (χ2n) is 12.7. The minimum absolute atomic E-state index is 0.298. The Morgan fingerprint density at radius 3 is 1.52 bits per heavy atom. The lowest BCUT2D eigenvalue weighted by Gasteiger charge is -2.29. The third-order valence-corrected chi connectivity index (χ3v) is 8.94. The highest BCUT2D eigenvalue weighted by Crippen LogP contribution is 2.48. The van der Waals surface area contributed by atoms with Crippen LogP contribution in [0.1, 0.15) is 77.7 Å². The molecule has 0 radical (unpaired) electrons. The number of carbonyl (C=O) groups excluding carboxylic acids is 2. The Morgan fingerprint density at radius 2 is 1.05 bits per heavy atom. The van der Waals surface area contributed by atoms with E-state index in [1.165, 1.54) is 0 Å². The molecule has 0 aromatic heterocycles.